The molecule has 88 valence electrons. The molecule has 5 nitrogen and oxygen atoms in total. The Morgan fingerprint density at radius 1 is 1.50 bits per heavy atom. The fourth-order valence-electron chi connectivity index (χ4n) is 1.89. The van der Waals surface area contributed by atoms with Gasteiger partial charge in [-0.2, -0.15) is 0 Å². The summed E-state index contributed by atoms with van der Waals surface area (Å²) in [6.07, 6.45) is 4.03. The largest absolute Gasteiger partial charge is 0.480 e. The van der Waals surface area contributed by atoms with Crippen molar-refractivity contribution in [3.05, 3.63) is 11.6 Å². The number of urea groups is 1. The van der Waals surface area contributed by atoms with Gasteiger partial charge in [0.1, 0.15) is 5.54 Å². The predicted molar refractivity (Wildman–Crippen MR) is 58.1 cm³/mol. The van der Waals surface area contributed by atoms with Gasteiger partial charge >= 0.3 is 12.0 Å². The molecule has 1 saturated carbocycles. The van der Waals surface area contributed by atoms with Gasteiger partial charge in [0.25, 0.3) is 0 Å². The molecular weight excluding hydrogens is 208 g/mol. The molecule has 0 aromatic carbocycles. The van der Waals surface area contributed by atoms with Crippen molar-refractivity contribution in [1.82, 2.24) is 10.2 Å². The molecule has 0 atom stereocenters. The average Bonchev–Trinajstić information content (AvgIpc) is 2.99. The standard InChI is InChI=1S/C11H16N2O3/c1-8-3-2-6-13(7-8)10(16)12-11(4-5-11)9(14)15/h3H,2,4-7H2,1H3,(H,12,16)(H,14,15). The van der Waals surface area contributed by atoms with E-state index in [1.807, 2.05) is 6.92 Å². The van der Waals surface area contributed by atoms with E-state index in [2.05, 4.69) is 11.4 Å². The molecule has 0 aromatic rings. The van der Waals surface area contributed by atoms with Crippen LogP contribution in [0.5, 0.6) is 0 Å². The number of carboxylic acids is 1. The van der Waals surface area contributed by atoms with E-state index in [9.17, 15) is 9.59 Å². The van der Waals surface area contributed by atoms with E-state index >= 15 is 0 Å². The maximum absolute atomic E-state index is 11.8. The number of carbonyl (C=O) groups is 2. The minimum atomic E-state index is -0.980. The summed E-state index contributed by atoms with van der Waals surface area (Å²) in [6, 6.07) is -0.257. The lowest BCUT2D eigenvalue weighted by Gasteiger charge is -2.27. The summed E-state index contributed by atoms with van der Waals surface area (Å²) in [5.41, 5.74) is 0.174. The highest BCUT2D eigenvalue weighted by Gasteiger charge is 2.52. The van der Waals surface area contributed by atoms with Crippen LogP contribution in [0.1, 0.15) is 26.2 Å². The van der Waals surface area contributed by atoms with Gasteiger partial charge in [0, 0.05) is 13.1 Å². The minimum absolute atomic E-state index is 0.257. The first-order chi connectivity index (χ1) is 7.53. The monoisotopic (exact) mass is 224 g/mol. The quantitative estimate of drug-likeness (QED) is 0.686. The molecule has 0 spiro atoms. The van der Waals surface area contributed by atoms with E-state index in [0.29, 0.717) is 25.9 Å². The Labute approximate surface area is 94.1 Å². The summed E-state index contributed by atoms with van der Waals surface area (Å²) < 4.78 is 0. The number of nitrogens with zero attached hydrogens (tertiary/aromatic N) is 1. The molecule has 2 rings (SSSR count). The first-order valence-electron chi connectivity index (χ1n) is 5.50. The Morgan fingerprint density at radius 2 is 2.19 bits per heavy atom. The van der Waals surface area contributed by atoms with Gasteiger partial charge in [-0.25, -0.2) is 9.59 Å². The van der Waals surface area contributed by atoms with Gasteiger partial charge in [-0.05, 0) is 26.2 Å². The van der Waals surface area contributed by atoms with Gasteiger partial charge in [-0.3, -0.25) is 0 Å². The SMILES string of the molecule is CC1=CCCN(C(=O)NC2(C(=O)O)CC2)C1. The maximum atomic E-state index is 11.8. The molecule has 16 heavy (non-hydrogen) atoms. The molecule has 0 radical (unpaired) electrons. The predicted octanol–water partition coefficient (Wildman–Crippen LogP) is 0.965. The number of aliphatic carboxylic acids is 1. The lowest BCUT2D eigenvalue weighted by Crippen LogP contribution is -2.50. The summed E-state index contributed by atoms with van der Waals surface area (Å²) in [4.78, 5) is 24.4. The van der Waals surface area contributed by atoms with Gasteiger partial charge in [-0.1, -0.05) is 11.6 Å². The Kier molecular flexibility index (Phi) is 2.61. The molecule has 1 aliphatic heterocycles. The van der Waals surface area contributed by atoms with Gasteiger partial charge in [0.2, 0.25) is 0 Å². The van der Waals surface area contributed by atoms with Crippen LogP contribution in [0.3, 0.4) is 0 Å². The van der Waals surface area contributed by atoms with E-state index in [0.717, 1.165) is 12.0 Å². The van der Waals surface area contributed by atoms with Crippen LogP contribution in [-0.2, 0) is 4.79 Å². The van der Waals surface area contributed by atoms with Crippen LogP contribution in [0.2, 0.25) is 0 Å². The van der Waals surface area contributed by atoms with Crippen LogP contribution in [0, 0.1) is 0 Å². The van der Waals surface area contributed by atoms with Crippen LogP contribution < -0.4 is 5.32 Å². The van der Waals surface area contributed by atoms with E-state index in [-0.39, 0.29) is 6.03 Å². The zero-order valence-electron chi connectivity index (χ0n) is 9.32. The Balaban J connectivity index is 1.94. The number of amides is 2. The summed E-state index contributed by atoms with van der Waals surface area (Å²) in [7, 11) is 0. The van der Waals surface area contributed by atoms with Crippen LogP contribution >= 0.6 is 0 Å². The Hall–Kier alpha value is -1.52. The third-order valence-electron chi connectivity index (χ3n) is 3.12. The number of rotatable bonds is 2. The minimum Gasteiger partial charge on any atom is -0.480 e. The lowest BCUT2D eigenvalue weighted by atomic mass is 10.1. The van der Waals surface area contributed by atoms with Crippen molar-refractivity contribution in [3.8, 4) is 0 Å². The first-order valence-corrected chi connectivity index (χ1v) is 5.50. The van der Waals surface area contributed by atoms with Crippen molar-refractivity contribution in [3.63, 3.8) is 0 Å². The molecule has 1 fully saturated rings. The molecule has 2 aliphatic rings. The van der Waals surface area contributed by atoms with E-state index in [1.165, 1.54) is 0 Å². The highest BCUT2D eigenvalue weighted by molar-refractivity contribution is 5.89. The molecule has 2 amide bonds. The normalized spacial score (nSPS) is 22.3. The molecule has 5 heteroatoms. The highest BCUT2D eigenvalue weighted by Crippen LogP contribution is 2.35. The fraction of sp³-hybridized carbons (Fsp3) is 0.636. The summed E-state index contributed by atoms with van der Waals surface area (Å²) in [6.45, 7) is 3.24. The second-order valence-electron chi connectivity index (χ2n) is 4.58. The number of nitrogens with one attached hydrogen (secondary N) is 1. The summed E-state index contributed by atoms with van der Waals surface area (Å²) >= 11 is 0. The number of carbonyl (C=O) groups excluding carboxylic acids is 1. The number of hydrogen-bond acceptors (Lipinski definition) is 2. The maximum Gasteiger partial charge on any atom is 0.329 e. The zero-order chi connectivity index (χ0) is 11.8. The van der Waals surface area contributed by atoms with Crippen LogP contribution in [-0.4, -0.2) is 40.6 Å². The topological polar surface area (TPSA) is 69.6 Å². The third-order valence-corrected chi connectivity index (χ3v) is 3.12. The summed E-state index contributed by atoms with van der Waals surface area (Å²) in [5.74, 6) is -0.926. The van der Waals surface area contributed by atoms with Crippen LogP contribution in [0.25, 0.3) is 0 Å². The molecule has 1 aliphatic carbocycles. The average molecular weight is 224 g/mol. The van der Waals surface area contributed by atoms with E-state index in [4.69, 9.17) is 5.11 Å². The van der Waals surface area contributed by atoms with Gasteiger partial charge in [0.05, 0.1) is 0 Å². The lowest BCUT2D eigenvalue weighted by molar-refractivity contribution is -0.140. The second kappa shape index (κ2) is 3.81. The van der Waals surface area contributed by atoms with Crippen molar-refractivity contribution in [2.45, 2.75) is 31.7 Å². The first kappa shape index (κ1) is 11.0. The molecule has 0 bridgehead atoms. The van der Waals surface area contributed by atoms with Crippen molar-refractivity contribution in [2.75, 3.05) is 13.1 Å². The molecule has 0 saturated heterocycles. The fourth-order valence-corrected chi connectivity index (χ4v) is 1.89. The van der Waals surface area contributed by atoms with Crippen molar-refractivity contribution in [1.29, 1.82) is 0 Å². The van der Waals surface area contributed by atoms with Crippen LogP contribution in [0.15, 0.2) is 11.6 Å². The van der Waals surface area contributed by atoms with E-state index < -0.39 is 11.5 Å². The van der Waals surface area contributed by atoms with E-state index in [1.54, 1.807) is 4.90 Å². The van der Waals surface area contributed by atoms with Crippen LogP contribution in [0.4, 0.5) is 4.79 Å². The molecule has 0 aromatic heterocycles. The molecule has 2 N–H and O–H groups in total. The molecule has 0 unspecified atom stereocenters. The van der Waals surface area contributed by atoms with Crippen molar-refractivity contribution < 1.29 is 14.7 Å². The zero-order valence-corrected chi connectivity index (χ0v) is 9.32. The smallest absolute Gasteiger partial charge is 0.329 e. The number of carboxylic acid groups (broad SMARTS) is 1. The van der Waals surface area contributed by atoms with Gasteiger partial charge in [0.15, 0.2) is 0 Å². The highest BCUT2D eigenvalue weighted by atomic mass is 16.4. The summed E-state index contributed by atoms with van der Waals surface area (Å²) in [5, 5.41) is 11.6. The third kappa shape index (κ3) is 2.03. The molecule has 1 heterocycles. The molecular formula is C11H16N2O3. The number of hydrogen-bond donors (Lipinski definition) is 2. The van der Waals surface area contributed by atoms with Gasteiger partial charge in [-0.15, -0.1) is 0 Å². The van der Waals surface area contributed by atoms with Crippen molar-refractivity contribution >= 4 is 12.0 Å². The Bertz CT molecular complexity index is 358. The van der Waals surface area contributed by atoms with Gasteiger partial charge < -0.3 is 15.3 Å². The second-order valence-corrected chi connectivity index (χ2v) is 4.58. The van der Waals surface area contributed by atoms with Crippen molar-refractivity contribution in [2.24, 2.45) is 0 Å². The Morgan fingerprint density at radius 3 is 2.69 bits per heavy atom.